The predicted molar refractivity (Wildman–Crippen MR) is 68.8 cm³/mol. The van der Waals surface area contributed by atoms with Gasteiger partial charge in [-0.3, -0.25) is 9.78 Å². The molecular formula is C13H12N4O2. The lowest BCUT2D eigenvalue weighted by Crippen LogP contribution is -2.15. The van der Waals surface area contributed by atoms with Gasteiger partial charge in [0.2, 0.25) is 11.3 Å². The number of nitrogens with zero attached hydrogens (tertiary/aromatic N) is 3. The summed E-state index contributed by atoms with van der Waals surface area (Å²) in [6.45, 7) is 2.10. The molecule has 19 heavy (non-hydrogen) atoms. The summed E-state index contributed by atoms with van der Waals surface area (Å²) in [7, 11) is 0. The highest BCUT2D eigenvalue weighted by atomic mass is 16.6. The SMILES string of the molecule is CCc1ccc(Cc2nc3nonc3[nH]c2=O)cc1. The van der Waals surface area contributed by atoms with Crippen LogP contribution in [0, 0.1) is 0 Å². The minimum absolute atomic E-state index is 0.261. The maximum atomic E-state index is 11.8. The lowest BCUT2D eigenvalue weighted by Gasteiger charge is -2.01. The summed E-state index contributed by atoms with van der Waals surface area (Å²) in [5.74, 6) is 0. The van der Waals surface area contributed by atoms with Gasteiger partial charge in [-0.25, -0.2) is 9.61 Å². The molecule has 0 radical (unpaired) electrons. The minimum Gasteiger partial charge on any atom is -0.299 e. The number of hydrogen-bond acceptors (Lipinski definition) is 5. The molecule has 6 nitrogen and oxygen atoms in total. The molecule has 1 aromatic carbocycles. The molecule has 0 saturated heterocycles. The first kappa shape index (κ1) is 11.6. The fourth-order valence-electron chi connectivity index (χ4n) is 1.90. The standard InChI is InChI=1S/C13H12N4O2/c1-2-8-3-5-9(6-4-8)7-10-13(18)15-12-11(14-10)16-19-17-12/h3-6H,2,7H2,1H3,(H,15,17,18). The maximum absolute atomic E-state index is 11.8. The van der Waals surface area contributed by atoms with Crippen molar-refractivity contribution >= 4 is 11.3 Å². The Morgan fingerprint density at radius 2 is 1.89 bits per heavy atom. The van der Waals surface area contributed by atoms with E-state index in [9.17, 15) is 4.79 Å². The molecule has 1 N–H and O–H groups in total. The van der Waals surface area contributed by atoms with Crippen LogP contribution in [0.5, 0.6) is 0 Å². The van der Waals surface area contributed by atoms with Crippen molar-refractivity contribution in [3.8, 4) is 0 Å². The Labute approximate surface area is 108 Å². The molecule has 3 aromatic rings. The van der Waals surface area contributed by atoms with Crippen LogP contribution < -0.4 is 5.56 Å². The van der Waals surface area contributed by atoms with E-state index in [0.29, 0.717) is 17.8 Å². The average Bonchev–Trinajstić information content (AvgIpc) is 2.87. The predicted octanol–water partition coefficient (Wildman–Crippen LogP) is 1.46. The van der Waals surface area contributed by atoms with Crippen LogP contribution in [0.15, 0.2) is 33.7 Å². The van der Waals surface area contributed by atoms with E-state index in [1.807, 2.05) is 12.1 Å². The molecule has 2 aromatic heterocycles. The highest BCUT2D eigenvalue weighted by Gasteiger charge is 2.09. The van der Waals surface area contributed by atoms with Gasteiger partial charge in [0.05, 0.1) is 0 Å². The van der Waals surface area contributed by atoms with Crippen molar-refractivity contribution < 1.29 is 4.63 Å². The quantitative estimate of drug-likeness (QED) is 0.766. The second-order valence-corrected chi connectivity index (χ2v) is 4.30. The molecule has 3 rings (SSSR count). The first-order valence-electron chi connectivity index (χ1n) is 6.05. The van der Waals surface area contributed by atoms with E-state index in [-0.39, 0.29) is 11.2 Å². The molecule has 2 heterocycles. The zero-order valence-electron chi connectivity index (χ0n) is 10.4. The summed E-state index contributed by atoms with van der Waals surface area (Å²) >= 11 is 0. The highest BCUT2D eigenvalue weighted by Crippen LogP contribution is 2.09. The third-order valence-corrected chi connectivity index (χ3v) is 3.01. The Hall–Kier alpha value is -2.50. The van der Waals surface area contributed by atoms with Gasteiger partial charge in [-0.1, -0.05) is 31.2 Å². The number of nitrogens with one attached hydrogen (secondary N) is 1. The van der Waals surface area contributed by atoms with E-state index < -0.39 is 0 Å². The molecule has 0 atom stereocenters. The lowest BCUT2D eigenvalue weighted by atomic mass is 10.1. The van der Waals surface area contributed by atoms with Gasteiger partial charge < -0.3 is 0 Å². The molecule has 0 aliphatic rings. The first-order chi connectivity index (χ1) is 9.26. The van der Waals surface area contributed by atoms with Crippen LogP contribution in [0.1, 0.15) is 23.7 Å². The Kier molecular flexibility index (Phi) is 2.83. The topological polar surface area (TPSA) is 84.7 Å². The number of benzene rings is 1. The number of rotatable bonds is 3. The van der Waals surface area contributed by atoms with Crippen LogP contribution in [-0.4, -0.2) is 20.3 Å². The zero-order valence-corrected chi connectivity index (χ0v) is 10.4. The van der Waals surface area contributed by atoms with Gasteiger partial charge in [0, 0.05) is 6.42 Å². The summed E-state index contributed by atoms with van der Waals surface area (Å²) in [5.41, 5.74) is 3.04. The van der Waals surface area contributed by atoms with Gasteiger partial charge in [0.1, 0.15) is 5.69 Å². The van der Waals surface area contributed by atoms with Crippen LogP contribution in [0.3, 0.4) is 0 Å². The Morgan fingerprint density at radius 3 is 2.63 bits per heavy atom. The molecule has 0 aliphatic carbocycles. The minimum atomic E-state index is -0.261. The summed E-state index contributed by atoms with van der Waals surface area (Å²) in [6, 6.07) is 8.12. The first-order valence-corrected chi connectivity index (χ1v) is 6.05. The van der Waals surface area contributed by atoms with E-state index in [0.717, 1.165) is 12.0 Å². The fraction of sp³-hybridized carbons (Fsp3) is 0.231. The molecule has 0 unspecified atom stereocenters. The average molecular weight is 256 g/mol. The molecule has 0 spiro atoms. The molecule has 96 valence electrons. The molecular weight excluding hydrogens is 244 g/mol. The third-order valence-electron chi connectivity index (χ3n) is 3.01. The van der Waals surface area contributed by atoms with Crippen LogP contribution in [0.25, 0.3) is 11.3 Å². The van der Waals surface area contributed by atoms with Gasteiger partial charge in [0.15, 0.2) is 0 Å². The molecule has 6 heteroatoms. The Bertz CT molecular complexity index is 758. The second kappa shape index (κ2) is 4.64. The van der Waals surface area contributed by atoms with Crippen molar-refractivity contribution in [3.05, 3.63) is 51.4 Å². The number of aryl methyl sites for hydroxylation is 1. The van der Waals surface area contributed by atoms with Crippen molar-refractivity contribution in [2.45, 2.75) is 19.8 Å². The number of aromatic amines is 1. The fourth-order valence-corrected chi connectivity index (χ4v) is 1.90. The molecule has 0 fully saturated rings. The molecule has 0 aliphatic heterocycles. The van der Waals surface area contributed by atoms with Crippen molar-refractivity contribution in [1.82, 2.24) is 20.3 Å². The third kappa shape index (κ3) is 2.24. The van der Waals surface area contributed by atoms with Crippen molar-refractivity contribution in [3.63, 3.8) is 0 Å². The summed E-state index contributed by atoms with van der Waals surface area (Å²) < 4.78 is 4.52. The number of hydrogen-bond donors (Lipinski definition) is 1. The van der Waals surface area contributed by atoms with Gasteiger partial charge in [-0.15, -0.1) is 0 Å². The molecule has 0 saturated carbocycles. The lowest BCUT2D eigenvalue weighted by molar-refractivity contribution is 0.314. The summed E-state index contributed by atoms with van der Waals surface area (Å²) in [6.07, 6.45) is 1.46. The van der Waals surface area contributed by atoms with Crippen LogP contribution in [0.2, 0.25) is 0 Å². The van der Waals surface area contributed by atoms with Crippen molar-refractivity contribution in [2.75, 3.05) is 0 Å². The van der Waals surface area contributed by atoms with Gasteiger partial charge in [-0.05, 0) is 27.9 Å². The highest BCUT2D eigenvalue weighted by molar-refractivity contribution is 5.62. The number of aromatic nitrogens is 4. The zero-order chi connectivity index (χ0) is 13.2. The van der Waals surface area contributed by atoms with Crippen molar-refractivity contribution in [1.29, 1.82) is 0 Å². The van der Waals surface area contributed by atoms with Gasteiger partial charge in [-0.2, -0.15) is 0 Å². The summed E-state index contributed by atoms with van der Waals surface area (Å²) in [5, 5.41) is 7.17. The second-order valence-electron chi connectivity index (χ2n) is 4.30. The van der Waals surface area contributed by atoms with E-state index in [1.54, 1.807) is 0 Å². The Morgan fingerprint density at radius 1 is 1.16 bits per heavy atom. The van der Waals surface area contributed by atoms with E-state index >= 15 is 0 Å². The van der Waals surface area contributed by atoms with Gasteiger partial charge in [0.25, 0.3) is 5.56 Å². The largest absolute Gasteiger partial charge is 0.299 e. The normalized spacial score (nSPS) is 11.0. The maximum Gasteiger partial charge on any atom is 0.271 e. The van der Waals surface area contributed by atoms with Crippen LogP contribution >= 0.6 is 0 Å². The van der Waals surface area contributed by atoms with Crippen LogP contribution in [0.4, 0.5) is 0 Å². The smallest absolute Gasteiger partial charge is 0.271 e. The van der Waals surface area contributed by atoms with Crippen LogP contribution in [-0.2, 0) is 12.8 Å². The van der Waals surface area contributed by atoms with E-state index in [4.69, 9.17) is 0 Å². The number of fused-ring (bicyclic) bond motifs is 1. The molecule has 0 bridgehead atoms. The van der Waals surface area contributed by atoms with E-state index in [2.05, 4.69) is 44.0 Å². The summed E-state index contributed by atoms with van der Waals surface area (Å²) in [4.78, 5) is 18.6. The molecule has 0 amide bonds. The van der Waals surface area contributed by atoms with Gasteiger partial charge >= 0.3 is 0 Å². The van der Waals surface area contributed by atoms with E-state index in [1.165, 1.54) is 5.56 Å². The number of H-pyrrole nitrogens is 1. The Balaban J connectivity index is 1.95. The van der Waals surface area contributed by atoms with Crippen molar-refractivity contribution in [2.24, 2.45) is 0 Å². The monoisotopic (exact) mass is 256 g/mol.